The Kier molecular flexibility index (Phi) is 4.55. The molecule has 2 atom stereocenters. The van der Waals surface area contributed by atoms with E-state index in [0.29, 0.717) is 6.42 Å². The van der Waals surface area contributed by atoms with Crippen LogP contribution in [0.3, 0.4) is 0 Å². The number of ketones is 1. The number of nitrogens with zero attached hydrogens (tertiary/aromatic N) is 1. The first kappa shape index (κ1) is 16.5. The molecule has 7 heteroatoms. The lowest BCUT2D eigenvalue weighted by molar-refractivity contribution is -0.202. The molecule has 2 rings (SSSR count). The molecule has 0 aromatic heterocycles. The van der Waals surface area contributed by atoms with Gasteiger partial charge in [0, 0.05) is 6.92 Å². The number of piperidine rings is 1. The van der Waals surface area contributed by atoms with Crippen molar-refractivity contribution in [2.75, 3.05) is 14.2 Å². The first-order valence-corrected chi connectivity index (χ1v) is 7.23. The Morgan fingerprint density at radius 1 is 1.32 bits per heavy atom. The van der Waals surface area contributed by atoms with Crippen molar-refractivity contribution in [3.63, 3.8) is 0 Å². The van der Waals surface area contributed by atoms with Crippen molar-refractivity contribution < 1.29 is 28.7 Å². The van der Waals surface area contributed by atoms with Crippen LogP contribution in [0, 0.1) is 0 Å². The Labute approximate surface area is 129 Å². The summed E-state index contributed by atoms with van der Waals surface area (Å²) >= 11 is 0. The number of Topliss-reactive ketones (excluding diaryl/α,β-unsaturated/α-hetero) is 1. The third-order valence-corrected chi connectivity index (χ3v) is 4.31. The average molecular weight is 311 g/mol. The molecule has 0 amide bonds. The fraction of sp³-hybridized carbons (Fsp3) is 0.667. The number of hydrogen-bond acceptors (Lipinski definition) is 7. The van der Waals surface area contributed by atoms with Crippen molar-refractivity contribution in [1.29, 1.82) is 0 Å². The largest absolute Gasteiger partial charge is 0.469 e. The van der Waals surface area contributed by atoms with Gasteiger partial charge >= 0.3 is 11.9 Å². The molecular weight excluding hydrogens is 290 g/mol. The number of allylic oxidation sites excluding steroid dienone is 1. The zero-order valence-corrected chi connectivity index (χ0v) is 13.3. The van der Waals surface area contributed by atoms with E-state index in [-0.39, 0.29) is 35.5 Å². The van der Waals surface area contributed by atoms with E-state index in [1.807, 2.05) is 6.92 Å². The highest BCUT2D eigenvalue weighted by molar-refractivity contribution is 6.03. The normalized spacial score (nSPS) is 27.9. The molecule has 0 saturated carbocycles. The van der Waals surface area contributed by atoms with Gasteiger partial charge in [0.1, 0.15) is 5.57 Å². The summed E-state index contributed by atoms with van der Waals surface area (Å²) in [6, 6.07) is -0.247. The fourth-order valence-corrected chi connectivity index (χ4v) is 3.23. The monoisotopic (exact) mass is 311 g/mol. The predicted octanol–water partition coefficient (Wildman–Crippen LogP) is 1.12. The van der Waals surface area contributed by atoms with Gasteiger partial charge in [-0.05, 0) is 26.2 Å². The van der Waals surface area contributed by atoms with Crippen LogP contribution >= 0.6 is 0 Å². The number of hydrogen-bond donors (Lipinski definition) is 0. The van der Waals surface area contributed by atoms with Crippen LogP contribution in [-0.4, -0.2) is 48.6 Å². The molecule has 2 aliphatic rings. The molecule has 0 aliphatic carbocycles. The van der Waals surface area contributed by atoms with E-state index in [9.17, 15) is 14.4 Å². The molecule has 122 valence electrons. The lowest BCUT2D eigenvalue weighted by Crippen LogP contribution is -2.53. The number of hydroxylamine groups is 2. The molecule has 0 spiro atoms. The van der Waals surface area contributed by atoms with Crippen LogP contribution in [0.2, 0.25) is 0 Å². The Morgan fingerprint density at radius 3 is 2.55 bits per heavy atom. The lowest BCUT2D eigenvalue weighted by Gasteiger charge is -2.43. The second-order valence-corrected chi connectivity index (χ2v) is 5.77. The van der Waals surface area contributed by atoms with Crippen molar-refractivity contribution in [2.45, 2.75) is 51.1 Å². The summed E-state index contributed by atoms with van der Waals surface area (Å²) in [6.45, 7) is 3.17. The van der Waals surface area contributed by atoms with E-state index in [2.05, 4.69) is 0 Å². The van der Waals surface area contributed by atoms with E-state index >= 15 is 0 Å². The SMILES string of the molecule is COC(=O)C[C@H]1CCC[C@]2(C)C(C(=O)OC)=C(C(C)=O)ON12. The highest BCUT2D eigenvalue weighted by Crippen LogP contribution is 2.46. The van der Waals surface area contributed by atoms with Gasteiger partial charge < -0.3 is 14.3 Å². The van der Waals surface area contributed by atoms with Gasteiger partial charge in [0.15, 0.2) is 5.78 Å². The minimum absolute atomic E-state index is 0.00566. The number of esters is 2. The van der Waals surface area contributed by atoms with Crippen molar-refractivity contribution in [1.82, 2.24) is 5.06 Å². The molecule has 0 bridgehead atoms. The predicted molar refractivity (Wildman–Crippen MR) is 75.3 cm³/mol. The van der Waals surface area contributed by atoms with Gasteiger partial charge in [-0.25, -0.2) is 4.79 Å². The molecular formula is C15H21NO6. The molecule has 0 N–H and O–H groups in total. The second-order valence-electron chi connectivity index (χ2n) is 5.77. The smallest absolute Gasteiger partial charge is 0.339 e. The van der Waals surface area contributed by atoms with Gasteiger partial charge in [-0.15, -0.1) is 5.06 Å². The first-order valence-electron chi connectivity index (χ1n) is 7.23. The number of fused-ring (bicyclic) bond motifs is 1. The highest BCUT2D eigenvalue weighted by Gasteiger charge is 2.55. The van der Waals surface area contributed by atoms with E-state index in [1.54, 1.807) is 5.06 Å². The van der Waals surface area contributed by atoms with Crippen LogP contribution in [0.15, 0.2) is 11.3 Å². The summed E-state index contributed by atoms with van der Waals surface area (Å²) in [5, 5.41) is 1.59. The molecule has 7 nitrogen and oxygen atoms in total. The Balaban J connectivity index is 2.38. The third kappa shape index (κ3) is 2.61. The van der Waals surface area contributed by atoms with Crippen molar-refractivity contribution in [2.24, 2.45) is 0 Å². The molecule has 1 saturated heterocycles. The molecule has 1 fully saturated rings. The van der Waals surface area contributed by atoms with E-state index in [4.69, 9.17) is 14.3 Å². The standard InChI is InChI=1S/C15H21NO6/c1-9(17)13-12(14(19)21-4)15(2)7-5-6-10(16(15)22-13)8-11(18)20-3/h10H,5-8H2,1-4H3/t10-,15-/m1/s1. The number of ether oxygens (including phenoxy) is 2. The first-order chi connectivity index (χ1) is 10.3. The Morgan fingerprint density at radius 2 is 2.00 bits per heavy atom. The quantitative estimate of drug-likeness (QED) is 0.720. The lowest BCUT2D eigenvalue weighted by atomic mass is 9.80. The van der Waals surface area contributed by atoms with Crippen LogP contribution in [0.4, 0.5) is 0 Å². The van der Waals surface area contributed by atoms with Gasteiger partial charge in [-0.2, -0.15) is 0 Å². The minimum Gasteiger partial charge on any atom is -0.469 e. The zero-order chi connectivity index (χ0) is 16.5. The summed E-state index contributed by atoms with van der Waals surface area (Å²) in [5.74, 6) is -1.26. The third-order valence-electron chi connectivity index (χ3n) is 4.31. The molecule has 2 aliphatic heterocycles. The van der Waals surface area contributed by atoms with E-state index < -0.39 is 11.5 Å². The fourth-order valence-electron chi connectivity index (χ4n) is 3.23. The van der Waals surface area contributed by atoms with Gasteiger partial charge in [0.2, 0.25) is 5.76 Å². The number of carbonyl (C=O) groups excluding carboxylic acids is 3. The molecule has 2 heterocycles. The van der Waals surface area contributed by atoms with Crippen LogP contribution < -0.4 is 0 Å². The van der Waals surface area contributed by atoms with Gasteiger partial charge in [0.25, 0.3) is 0 Å². The van der Waals surface area contributed by atoms with Gasteiger partial charge in [-0.3, -0.25) is 9.59 Å². The maximum Gasteiger partial charge on any atom is 0.339 e. The summed E-state index contributed by atoms with van der Waals surface area (Å²) < 4.78 is 9.53. The van der Waals surface area contributed by atoms with Crippen LogP contribution in [-0.2, 0) is 28.7 Å². The zero-order valence-electron chi connectivity index (χ0n) is 13.3. The second kappa shape index (κ2) is 6.08. The molecule has 0 radical (unpaired) electrons. The average Bonchev–Trinajstić information content (AvgIpc) is 2.80. The Bertz CT molecular complexity index is 540. The topological polar surface area (TPSA) is 82.1 Å². The summed E-state index contributed by atoms with van der Waals surface area (Å²) in [5.41, 5.74) is -0.539. The molecule has 0 unspecified atom stereocenters. The van der Waals surface area contributed by atoms with Crippen LogP contribution in [0.5, 0.6) is 0 Å². The molecule has 22 heavy (non-hydrogen) atoms. The maximum absolute atomic E-state index is 12.1. The minimum atomic E-state index is -0.773. The Hall–Kier alpha value is -1.89. The van der Waals surface area contributed by atoms with Gasteiger partial charge in [0.05, 0.1) is 32.2 Å². The van der Waals surface area contributed by atoms with Crippen molar-refractivity contribution in [3.05, 3.63) is 11.3 Å². The van der Waals surface area contributed by atoms with Crippen molar-refractivity contribution >= 4 is 17.7 Å². The summed E-state index contributed by atoms with van der Waals surface area (Å²) in [7, 11) is 2.60. The van der Waals surface area contributed by atoms with E-state index in [0.717, 1.165) is 12.8 Å². The van der Waals surface area contributed by atoms with Gasteiger partial charge in [-0.1, -0.05) is 0 Å². The van der Waals surface area contributed by atoms with Crippen molar-refractivity contribution in [3.8, 4) is 0 Å². The highest BCUT2D eigenvalue weighted by atomic mass is 16.7. The maximum atomic E-state index is 12.1. The summed E-state index contributed by atoms with van der Waals surface area (Å²) in [6.07, 6.45) is 2.33. The van der Waals surface area contributed by atoms with E-state index in [1.165, 1.54) is 21.1 Å². The summed E-state index contributed by atoms with van der Waals surface area (Å²) in [4.78, 5) is 41.2. The van der Waals surface area contributed by atoms with Crippen LogP contribution in [0.25, 0.3) is 0 Å². The van der Waals surface area contributed by atoms with Crippen LogP contribution in [0.1, 0.15) is 39.5 Å². The number of methoxy groups -OCH3 is 2. The molecule has 0 aromatic rings. The number of carbonyl (C=O) groups is 3. The molecule has 0 aromatic carbocycles. The number of rotatable bonds is 4.